The fourth-order valence-corrected chi connectivity index (χ4v) is 3.97. The topological polar surface area (TPSA) is 133 Å². The van der Waals surface area contributed by atoms with Crippen LogP contribution < -0.4 is 11.1 Å². The SMILES string of the molecule is CC(C)C(NC(=O)C(N)CS)C(=O)N1CCCC1C(=O)N1CCCC1C(=O)O. The predicted octanol–water partition coefficient (Wildman–Crippen LogP) is -0.549. The standard InChI is InChI=1S/C18H30N4O5S/c1-10(2)14(20-15(23)11(19)9-28)17(25)21-7-3-5-12(21)16(24)22-8-4-6-13(22)18(26)27/h10-14,28H,3-9,19H2,1-2H3,(H,20,23)(H,26,27). The number of hydrogen-bond donors (Lipinski definition) is 4. The number of rotatable bonds is 7. The van der Waals surface area contributed by atoms with E-state index in [1.165, 1.54) is 9.80 Å². The number of nitrogens with two attached hydrogens (primary N) is 1. The lowest BCUT2D eigenvalue weighted by atomic mass is 10.0. The molecule has 10 heteroatoms. The number of aliphatic carboxylic acids is 1. The minimum Gasteiger partial charge on any atom is -0.480 e. The van der Waals surface area contributed by atoms with E-state index >= 15 is 0 Å². The number of carbonyl (C=O) groups is 4. The molecule has 2 aliphatic heterocycles. The molecule has 3 amide bonds. The molecule has 0 aromatic rings. The van der Waals surface area contributed by atoms with Crippen molar-refractivity contribution in [3.05, 3.63) is 0 Å². The molecule has 0 aromatic heterocycles. The van der Waals surface area contributed by atoms with E-state index in [-0.39, 0.29) is 23.5 Å². The Bertz CT molecular complexity index is 629. The summed E-state index contributed by atoms with van der Waals surface area (Å²) in [5, 5.41) is 12.0. The second-order valence-electron chi connectivity index (χ2n) is 7.74. The Morgan fingerprint density at radius 3 is 2.21 bits per heavy atom. The van der Waals surface area contributed by atoms with Crippen LogP contribution in [0.5, 0.6) is 0 Å². The molecule has 0 spiro atoms. The molecule has 2 saturated heterocycles. The summed E-state index contributed by atoms with van der Waals surface area (Å²) < 4.78 is 0. The second-order valence-corrected chi connectivity index (χ2v) is 8.10. The number of carboxylic acid groups (broad SMARTS) is 1. The maximum absolute atomic E-state index is 13.1. The fourth-order valence-electron chi connectivity index (χ4n) is 3.80. The Hall–Kier alpha value is -1.81. The molecule has 0 aromatic carbocycles. The molecule has 2 aliphatic rings. The molecular formula is C18H30N4O5S. The van der Waals surface area contributed by atoms with Gasteiger partial charge in [-0.1, -0.05) is 13.8 Å². The first-order valence-electron chi connectivity index (χ1n) is 9.69. The van der Waals surface area contributed by atoms with Crippen molar-refractivity contribution in [1.82, 2.24) is 15.1 Å². The highest BCUT2D eigenvalue weighted by Gasteiger charge is 2.44. The summed E-state index contributed by atoms with van der Waals surface area (Å²) in [4.78, 5) is 52.6. The Morgan fingerprint density at radius 1 is 1.11 bits per heavy atom. The van der Waals surface area contributed by atoms with Crippen LogP contribution in [0.2, 0.25) is 0 Å². The van der Waals surface area contributed by atoms with Crippen LogP contribution in [-0.2, 0) is 19.2 Å². The molecule has 158 valence electrons. The van der Waals surface area contributed by atoms with Crippen molar-refractivity contribution in [1.29, 1.82) is 0 Å². The third kappa shape index (κ3) is 4.78. The van der Waals surface area contributed by atoms with Crippen molar-refractivity contribution >= 4 is 36.3 Å². The van der Waals surface area contributed by atoms with Crippen LogP contribution in [0.4, 0.5) is 0 Å². The number of amides is 3. The van der Waals surface area contributed by atoms with Gasteiger partial charge in [-0.2, -0.15) is 12.6 Å². The number of nitrogens with zero attached hydrogens (tertiary/aromatic N) is 2. The smallest absolute Gasteiger partial charge is 0.326 e. The molecule has 2 rings (SSSR count). The monoisotopic (exact) mass is 414 g/mol. The molecule has 9 nitrogen and oxygen atoms in total. The Labute approximate surface area is 170 Å². The quantitative estimate of drug-likeness (QED) is 0.413. The van der Waals surface area contributed by atoms with Crippen LogP contribution in [0.1, 0.15) is 39.5 Å². The summed E-state index contributed by atoms with van der Waals surface area (Å²) >= 11 is 4.00. The lowest BCUT2D eigenvalue weighted by Crippen LogP contribution is -2.58. The Morgan fingerprint density at radius 2 is 1.68 bits per heavy atom. The van der Waals surface area contributed by atoms with Gasteiger partial charge in [-0.3, -0.25) is 14.4 Å². The first kappa shape index (κ1) is 22.5. The van der Waals surface area contributed by atoms with E-state index in [2.05, 4.69) is 17.9 Å². The summed E-state index contributed by atoms with van der Waals surface area (Å²) in [7, 11) is 0. The molecule has 0 saturated carbocycles. The molecule has 4 unspecified atom stereocenters. The molecule has 0 radical (unpaired) electrons. The van der Waals surface area contributed by atoms with Crippen LogP contribution in [0, 0.1) is 5.92 Å². The molecule has 4 N–H and O–H groups in total. The minimum atomic E-state index is -1.02. The van der Waals surface area contributed by atoms with Gasteiger partial charge >= 0.3 is 5.97 Å². The van der Waals surface area contributed by atoms with Gasteiger partial charge in [0.2, 0.25) is 17.7 Å². The predicted molar refractivity (Wildman–Crippen MR) is 106 cm³/mol. The van der Waals surface area contributed by atoms with E-state index in [4.69, 9.17) is 5.73 Å². The molecule has 2 fully saturated rings. The van der Waals surface area contributed by atoms with E-state index < -0.39 is 36.0 Å². The number of carbonyl (C=O) groups excluding carboxylic acids is 3. The van der Waals surface area contributed by atoms with Crippen LogP contribution in [-0.4, -0.2) is 81.6 Å². The first-order valence-corrected chi connectivity index (χ1v) is 10.3. The summed E-state index contributed by atoms with van der Waals surface area (Å²) in [5.74, 6) is -2.18. The summed E-state index contributed by atoms with van der Waals surface area (Å²) in [6.07, 6.45) is 2.20. The lowest BCUT2D eigenvalue weighted by Gasteiger charge is -2.33. The highest BCUT2D eigenvalue weighted by Crippen LogP contribution is 2.26. The van der Waals surface area contributed by atoms with Gasteiger partial charge < -0.3 is 26.0 Å². The molecule has 0 aliphatic carbocycles. The maximum Gasteiger partial charge on any atom is 0.326 e. The zero-order valence-corrected chi connectivity index (χ0v) is 17.2. The zero-order chi connectivity index (χ0) is 21.0. The molecule has 4 atom stereocenters. The number of likely N-dealkylation sites (tertiary alicyclic amines) is 2. The lowest BCUT2D eigenvalue weighted by molar-refractivity contribution is -0.152. The normalized spacial score (nSPS) is 24.3. The summed E-state index contributed by atoms with van der Waals surface area (Å²) in [5.41, 5.74) is 5.69. The number of carboxylic acids is 1. The van der Waals surface area contributed by atoms with E-state index in [0.29, 0.717) is 38.8 Å². The highest BCUT2D eigenvalue weighted by atomic mass is 32.1. The molecule has 2 heterocycles. The van der Waals surface area contributed by atoms with Crippen molar-refractivity contribution in [2.24, 2.45) is 11.7 Å². The number of hydrogen-bond acceptors (Lipinski definition) is 6. The van der Waals surface area contributed by atoms with Crippen molar-refractivity contribution in [3.63, 3.8) is 0 Å². The van der Waals surface area contributed by atoms with E-state index in [9.17, 15) is 24.3 Å². The van der Waals surface area contributed by atoms with Crippen molar-refractivity contribution in [2.75, 3.05) is 18.8 Å². The van der Waals surface area contributed by atoms with Crippen LogP contribution in [0.25, 0.3) is 0 Å². The van der Waals surface area contributed by atoms with Gasteiger partial charge in [-0.25, -0.2) is 4.79 Å². The molecular weight excluding hydrogens is 384 g/mol. The van der Waals surface area contributed by atoms with Crippen molar-refractivity contribution < 1.29 is 24.3 Å². The summed E-state index contributed by atoms with van der Waals surface area (Å²) in [6, 6.07) is -3.15. The average Bonchev–Trinajstić information content (AvgIpc) is 3.33. The van der Waals surface area contributed by atoms with Crippen molar-refractivity contribution in [3.8, 4) is 0 Å². The van der Waals surface area contributed by atoms with Gasteiger partial charge in [-0.05, 0) is 31.6 Å². The zero-order valence-electron chi connectivity index (χ0n) is 16.3. The van der Waals surface area contributed by atoms with Gasteiger partial charge in [0.15, 0.2) is 0 Å². The van der Waals surface area contributed by atoms with E-state index in [1.54, 1.807) is 0 Å². The number of thiol groups is 1. The van der Waals surface area contributed by atoms with Gasteiger partial charge in [0.25, 0.3) is 0 Å². The average molecular weight is 415 g/mol. The largest absolute Gasteiger partial charge is 0.480 e. The first-order chi connectivity index (χ1) is 13.2. The molecule has 0 bridgehead atoms. The number of nitrogens with one attached hydrogen (secondary N) is 1. The van der Waals surface area contributed by atoms with E-state index in [1.807, 2.05) is 13.8 Å². The Balaban J connectivity index is 2.14. The van der Waals surface area contributed by atoms with Gasteiger partial charge in [-0.15, -0.1) is 0 Å². The Kier molecular flexibility index (Phi) is 7.70. The van der Waals surface area contributed by atoms with Crippen molar-refractivity contribution in [2.45, 2.75) is 63.7 Å². The maximum atomic E-state index is 13.1. The minimum absolute atomic E-state index is 0.154. The second kappa shape index (κ2) is 9.60. The third-order valence-electron chi connectivity index (χ3n) is 5.41. The fraction of sp³-hybridized carbons (Fsp3) is 0.778. The van der Waals surface area contributed by atoms with Gasteiger partial charge in [0, 0.05) is 18.8 Å². The molecule has 28 heavy (non-hydrogen) atoms. The van der Waals surface area contributed by atoms with E-state index in [0.717, 1.165) is 0 Å². The van der Waals surface area contributed by atoms with Gasteiger partial charge in [0.1, 0.15) is 18.1 Å². The van der Waals surface area contributed by atoms with Crippen LogP contribution in [0.15, 0.2) is 0 Å². The third-order valence-corrected chi connectivity index (χ3v) is 5.80. The van der Waals surface area contributed by atoms with Crippen LogP contribution in [0.3, 0.4) is 0 Å². The summed E-state index contributed by atoms with van der Waals surface area (Å²) in [6.45, 7) is 4.40. The van der Waals surface area contributed by atoms with Crippen LogP contribution >= 0.6 is 12.6 Å². The highest BCUT2D eigenvalue weighted by molar-refractivity contribution is 7.80. The van der Waals surface area contributed by atoms with Gasteiger partial charge in [0.05, 0.1) is 6.04 Å².